The van der Waals surface area contributed by atoms with Crippen molar-refractivity contribution in [1.82, 2.24) is 0 Å². The lowest BCUT2D eigenvalue weighted by Crippen LogP contribution is -3.00. The SMILES string of the molecule is Cc1cc(C)[n+](F)c(C)c1.[F-]. The van der Waals surface area contributed by atoms with Crippen LogP contribution in [0.2, 0.25) is 0 Å². The first-order chi connectivity index (χ1) is 4.61. The summed E-state index contributed by atoms with van der Waals surface area (Å²) in [4.78, 5) is 0.688. The van der Waals surface area contributed by atoms with Crippen molar-refractivity contribution in [3.8, 4) is 0 Å². The molecule has 1 rings (SSSR count). The minimum Gasteiger partial charge on any atom is -1.00 e. The molecule has 0 atom stereocenters. The van der Waals surface area contributed by atoms with Crippen LogP contribution in [0, 0.1) is 20.8 Å². The van der Waals surface area contributed by atoms with Crippen molar-refractivity contribution in [2.75, 3.05) is 0 Å². The minimum atomic E-state index is 0. The second-order valence-corrected chi connectivity index (χ2v) is 2.60. The van der Waals surface area contributed by atoms with Crippen LogP contribution in [0.15, 0.2) is 12.1 Å². The van der Waals surface area contributed by atoms with Crippen LogP contribution in [0.4, 0.5) is 4.48 Å². The van der Waals surface area contributed by atoms with E-state index in [1.807, 2.05) is 19.1 Å². The van der Waals surface area contributed by atoms with Gasteiger partial charge in [0.2, 0.25) is 11.4 Å². The summed E-state index contributed by atoms with van der Waals surface area (Å²) in [6.45, 7) is 5.46. The van der Waals surface area contributed by atoms with E-state index >= 15 is 0 Å². The average Bonchev–Trinajstić information content (AvgIpc) is 1.82. The number of hydrogen-bond donors (Lipinski definition) is 0. The first kappa shape index (κ1) is 10.0. The molecule has 0 saturated heterocycles. The zero-order valence-electron chi connectivity index (χ0n) is 6.86. The highest BCUT2D eigenvalue weighted by atomic mass is 19.2. The summed E-state index contributed by atoms with van der Waals surface area (Å²) >= 11 is 0. The van der Waals surface area contributed by atoms with Crippen molar-refractivity contribution in [2.24, 2.45) is 0 Å². The number of rotatable bonds is 0. The molecule has 0 amide bonds. The summed E-state index contributed by atoms with van der Waals surface area (Å²) in [7, 11) is 0. The molecule has 0 aromatic carbocycles. The maximum atomic E-state index is 12.8. The molecule has 0 N–H and O–H groups in total. The normalized spacial score (nSPS) is 9.09. The molecule has 0 radical (unpaired) electrons. The predicted molar refractivity (Wildman–Crippen MR) is 37.4 cm³/mol. The van der Waals surface area contributed by atoms with Crippen molar-refractivity contribution in [3.63, 3.8) is 0 Å². The molecule has 62 valence electrons. The highest BCUT2D eigenvalue weighted by Gasteiger charge is 2.09. The smallest absolute Gasteiger partial charge is 0.227 e. The molecule has 1 nitrogen and oxygen atoms in total. The van der Waals surface area contributed by atoms with E-state index in [1.54, 1.807) is 13.8 Å². The molecule has 3 heteroatoms. The first-order valence-corrected chi connectivity index (χ1v) is 3.27. The summed E-state index contributed by atoms with van der Waals surface area (Å²) in [6, 6.07) is 3.62. The molecular formula is C8H11F2N. The quantitative estimate of drug-likeness (QED) is 0.440. The van der Waals surface area contributed by atoms with Gasteiger partial charge in [-0.2, -0.15) is 0 Å². The van der Waals surface area contributed by atoms with Crippen LogP contribution < -0.4 is 9.49 Å². The topological polar surface area (TPSA) is 3.88 Å². The van der Waals surface area contributed by atoms with Crippen LogP contribution in [0.1, 0.15) is 17.0 Å². The molecule has 1 heterocycles. The highest BCUT2D eigenvalue weighted by Crippen LogP contribution is 2.00. The number of hydrogen-bond acceptors (Lipinski definition) is 0. The number of halogens is 2. The standard InChI is InChI=1S/C8H11FN.FH/c1-6-4-7(2)10(9)8(3)5-6;/h4-5H,1-3H3;1H/q+1;/p-1. The Labute approximate surface area is 64.8 Å². The molecule has 0 spiro atoms. The number of aryl methyl sites for hydroxylation is 3. The van der Waals surface area contributed by atoms with E-state index in [4.69, 9.17) is 0 Å². The third-order valence-corrected chi connectivity index (χ3v) is 1.49. The van der Waals surface area contributed by atoms with Gasteiger partial charge in [0.05, 0.1) is 4.48 Å². The molecule has 1 aromatic heterocycles. The summed E-state index contributed by atoms with van der Waals surface area (Å²) < 4.78 is 12.8. The van der Waals surface area contributed by atoms with Gasteiger partial charge in [-0.3, -0.25) is 0 Å². The fraction of sp³-hybridized carbons (Fsp3) is 0.375. The number of aromatic nitrogens is 1. The molecule has 0 bridgehead atoms. The van der Waals surface area contributed by atoms with Gasteiger partial charge in [-0.25, -0.2) is 0 Å². The van der Waals surface area contributed by atoms with Gasteiger partial charge < -0.3 is 4.70 Å². The number of nitrogens with zero attached hydrogens (tertiary/aromatic N) is 1. The largest absolute Gasteiger partial charge is 1.00 e. The third-order valence-electron chi connectivity index (χ3n) is 1.49. The number of pyridine rings is 1. The second kappa shape index (κ2) is 3.42. The van der Waals surface area contributed by atoms with Gasteiger partial charge in [-0.15, -0.1) is 0 Å². The van der Waals surface area contributed by atoms with E-state index in [1.165, 1.54) is 0 Å². The van der Waals surface area contributed by atoms with Gasteiger partial charge in [-0.1, -0.05) is 0 Å². The van der Waals surface area contributed by atoms with Crippen LogP contribution in [0.3, 0.4) is 0 Å². The molecular weight excluding hydrogens is 148 g/mol. The molecule has 0 unspecified atom stereocenters. The van der Waals surface area contributed by atoms with E-state index in [2.05, 4.69) is 0 Å². The molecule has 0 fully saturated rings. The fourth-order valence-electron chi connectivity index (χ4n) is 1.09. The second-order valence-electron chi connectivity index (χ2n) is 2.60. The average molecular weight is 159 g/mol. The Hall–Kier alpha value is -0.990. The zero-order valence-corrected chi connectivity index (χ0v) is 6.86. The van der Waals surface area contributed by atoms with Crippen LogP contribution >= 0.6 is 0 Å². The fourth-order valence-corrected chi connectivity index (χ4v) is 1.09. The van der Waals surface area contributed by atoms with Gasteiger partial charge in [0.1, 0.15) is 0 Å². The first-order valence-electron chi connectivity index (χ1n) is 3.27. The summed E-state index contributed by atoms with van der Waals surface area (Å²) in [6.07, 6.45) is 0. The van der Waals surface area contributed by atoms with Crippen molar-refractivity contribution < 1.29 is 14.0 Å². The summed E-state index contributed by atoms with van der Waals surface area (Å²) in [5, 5.41) is 0. The highest BCUT2D eigenvalue weighted by molar-refractivity contribution is 5.13. The molecule has 1 aromatic rings. The summed E-state index contributed by atoms with van der Waals surface area (Å²) in [5.74, 6) is 0. The van der Waals surface area contributed by atoms with E-state index in [-0.39, 0.29) is 4.70 Å². The third kappa shape index (κ3) is 1.97. The van der Waals surface area contributed by atoms with Crippen molar-refractivity contribution >= 4 is 0 Å². The Morgan fingerprint density at radius 1 is 1.09 bits per heavy atom. The lowest BCUT2D eigenvalue weighted by atomic mass is 10.2. The van der Waals surface area contributed by atoms with Crippen molar-refractivity contribution in [1.29, 1.82) is 0 Å². The van der Waals surface area contributed by atoms with Crippen LogP contribution in [-0.4, -0.2) is 0 Å². The monoisotopic (exact) mass is 159 g/mol. The predicted octanol–water partition coefficient (Wildman–Crippen LogP) is -1.36. The van der Waals surface area contributed by atoms with Crippen LogP contribution in [-0.2, 0) is 0 Å². The Kier molecular flexibility index (Phi) is 3.11. The Balaban J connectivity index is 0.000001000. The van der Waals surface area contributed by atoms with Crippen molar-refractivity contribution in [2.45, 2.75) is 20.8 Å². The van der Waals surface area contributed by atoms with Gasteiger partial charge in [-0.05, 0) is 12.5 Å². The van der Waals surface area contributed by atoms with Crippen molar-refractivity contribution in [3.05, 3.63) is 29.1 Å². The molecule has 11 heavy (non-hydrogen) atoms. The molecule has 0 aliphatic carbocycles. The molecule has 0 aliphatic rings. The van der Waals surface area contributed by atoms with E-state index in [0.717, 1.165) is 5.56 Å². The Morgan fingerprint density at radius 2 is 1.45 bits per heavy atom. The maximum Gasteiger partial charge on any atom is 0.227 e. The lowest BCUT2D eigenvalue weighted by molar-refractivity contribution is -0.852. The Morgan fingerprint density at radius 3 is 1.82 bits per heavy atom. The van der Waals surface area contributed by atoms with Gasteiger partial charge in [0.15, 0.2) is 0 Å². The van der Waals surface area contributed by atoms with E-state index in [9.17, 15) is 4.48 Å². The van der Waals surface area contributed by atoms with Gasteiger partial charge >= 0.3 is 0 Å². The molecule has 0 saturated carbocycles. The van der Waals surface area contributed by atoms with Gasteiger partial charge in [0.25, 0.3) is 0 Å². The van der Waals surface area contributed by atoms with E-state index < -0.39 is 0 Å². The summed E-state index contributed by atoms with van der Waals surface area (Å²) in [5.41, 5.74) is 2.40. The molecule has 0 aliphatic heterocycles. The van der Waals surface area contributed by atoms with Crippen LogP contribution in [0.25, 0.3) is 0 Å². The lowest BCUT2D eigenvalue weighted by Gasteiger charge is -1.92. The van der Waals surface area contributed by atoms with Crippen LogP contribution in [0.5, 0.6) is 0 Å². The zero-order chi connectivity index (χ0) is 7.72. The van der Waals surface area contributed by atoms with Gasteiger partial charge in [0, 0.05) is 30.8 Å². The Bertz CT molecular complexity index is 235. The minimum absolute atomic E-state index is 0. The van der Waals surface area contributed by atoms with E-state index in [0.29, 0.717) is 16.2 Å². The maximum absolute atomic E-state index is 12.8.